The lowest BCUT2D eigenvalue weighted by Crippen LogP contribution is -2.14. The molecule has 94 valence electrons. The SMILES string of the molecule is NC(CC(=O)O)c1ccc(-n2cc(Br)cn2)cc1. The van der Waals surface area contributed by atoms with Crippen molar-refractivity contribution in [3.63, 3.8) is 0 Å². The molecule has 1 atom stereocenters. The summed E-state index contributed by atoms with van der Waals surface area (Å²) in [6.07, 6.45) is 3.46. The predicted octanol–water partition coefficient (Wildman–Crippen LogP) is 2.11. The van der Waals surface area contributed by atoms with Gasteiger partial charge in [0.25, 0.3) is 0 Å². The molecule has 0 aliphatic carbocycles. The monoisotopic (exact) mass is 309 g/mol. The maximum Gasteiger partial charge on any atom is 0.305 e. The molecule has 1 heterocycles. The van der Waals surface area contributed by atoms with Crippen LogP contribution in [0.1, 0.15) is 18.0 Å². The number of carbonyl (C=O) groups is 1. The minimum absolute atomic E-state index is 0.0767. The zero-order valence-electron chi connectivity index (χ0n) is 9.45. The summed E-state index contributed by atoms with van der Waals surface area (Å²) in [6.45, 7) is 0. The highest BCUT2D eigenvalue weighted by atomic mass is 79.9. The Morgan fingerprint density at radius 3 is 2.61 bits per heavy atom. The van der Waals surface area contributed by atoms with Crippen LogP contribution in [-0.4, -0.2) is 20.9 Å². The molecule has 2 aromatic rings. The smallest absolute Gasteiger partial charge is 0.305 e. The largest absolute Gasteiger partial charge is 0.481 e. The van der Waals surface area contributed by atoms with Gasteiger partial charge >= 0.3 is 5.97 Å². The van der Waals surface area contributed by atoms with Gasteiger partial charge in [0.1, 0.15) is 0 Å². The number of halogens is 1. The first kappa shape index (κ1) is 12.8. The summed E-state index contributed by atoms with van der Waals surface area (Å²) in [5.41, 5.74) is 7.47. The van der Waals surface area contributed by atoms with Crippen molar-refractivity contribution in [2.24, 2.45) is 5.73 Å². The van der Waals surface area contributed by atoms with Gasteiger partial charge in [-0.3, -0.25) is 4.79 Å². The third kappa shape index (κ3) is 2.96. The second kappa shape index (κ2) is 5.32. The number of nitrogens with zero attached hydrogens (tertiary/aromatic N) is 2. The van der Waals surface area contributed by atoms with Gasteiger partial charge in [-0.1, -0.05) is 12.1 Å². The highest BCUT2D eigenvalue weighted by molar-refractivity contribution is 9.10. The van der Waals surface area contributed by atoms with Gasteiger partial charge in [-0.15, -0.1) is 0 Å². The number of carboxylic acids is 1. The standard InChI is InChI=1S/C12H12BrN3O2/c13-9-6-15-16(7-9)10-3-1-8(2-4-10)11(14)5-12(17)18/h1-4,6-7,11H,5,14H2,(H,17,18). The van der Waals surface area contributed by atoms with E-state index >= 15 is 0 Å². The Kier molecular flexibility index (Phi) is 3.78. The van der Waals surface area contributed by atoms with Crippen LogP contribution < -0.4 is 5.73 Å². The average molecular weight is 310 g/mol. The molecule has 0 saturated heterocycles. The second-order valence-corrected chi connectivity index (χ2v) is 4.81. The Morgan fingerprint density at radius 1 is 1.44 bits per heavy atom. The van der Waals surface area contributed by atoms with Crippen molar-refractivity contribution in [2.75, 3.05) is 0 Å². The molecule has 1 aromatic heterocycles. The lowest BCUT2D eigenvalue weighted by atomic mass is 10.0. The number of carboxylic acid groups (broad SMARTS) is 1. The third-order valence-corrected chi connectivity index (χ3v) is 2.94. The van der Waals surface area contributed by atoms with E-state index in [1.165, 1.54) is 0 Å². The molecule has 0 spiro atoms. The van der Waals surface area contributed by atoms with Crippen LogP contribution in [-0.2, 0) is 4.79 Å². The first-order valence-electron chi connectivity index (χ1n) is 5.34. The molecule has 0 radical (unpaired) electrons. The summed E-state index contributed by atoms with van der Waals surface area (Å²) < 4.78 is 2.62. The summed E-state index contributed by atoms with van der Waals surface area (Å²) in [5.74, 6) is -0.900. The molecule has 0 amide bonds. The number of rotatable bonds is 4. The van der Waals surface area contributed by atoms with E-state index < -0.39 is 12.0 Å². The van der Waals surface area contributed by atoms with Crippen molar-refractivity contribution < 1.29 is 9.90 Å². The minimum atomic E-state index is -0.900. The van der Waals surface area contributed by atoms with Crippen LogP contribution in [0.5, 0.6) is 0 Å². The van der Waals surface area contributed by atoms with Crippen molar-refractivity contribution >= 4 is 21.9 Å². The first-order chi connectivity index (χ1) is 8.56. The van der Waals surface area contributed by atoms with Crippen LogP contribution in [0.25, 0.3) is 5.69 Å². The first-order valence-corrected chi connectivity index (χ1v) is 6.13. The van der Waals surface area contributed by atoms with E-state index in [1.54, 1.807) is 10.9 Å². The number of hydrogen-bond acceptors (Lipinski definition) is 3. The van der Waals surface area contributed by atoms with Crippen LogP contribution in [0, 0.1) is 0 Å². The van der Waals surface area contributed by atoms with Crippen molar-refractivity contribution in [1.29, 1.82) is 0 Å². The Bertz CT molecular complexity index is 551. The van der Waals surface area contributed by atoms with Crippen LogP contribution in [0.3, 0.4) is 0 Å². The van der Waals surface area contributed by atoms with Gasteiger partial charge in [0.05, 0.1) is 22.8 Å². The molecule has 0 aliphatic heterocycles. The number of nitrogens with two attached hydrogens (primary N) is 1. The Morgan fingerprint density at radius 2 is 2.11 bits per heavy atom. The van der Waals surface area contributed by atoms with Crippen molar-refractivity contribution in [3.8, 4) is 5.69 Å². The Balaban J connectivity index is 2.17. The minimum Gasteiger partial charge on any atom is -0.481 e. The Labute approximate surface area is 112 Å². The quantitative estimate of drug-likeness (QED) is 0.906. The zero-order valence-corrected chi connectivity index (χ0v) is 11.0. The van der Waals surface area contributed by atoms with Crippen molar-refractivity contribution in [2.45, 2.75) is 12.5 Å². The highest BCUT2D eigenvalue weighted by Gasteiger charge is 2.10. The van der Waals surface area contributed by atoms with Gasteiger partial charge in [0.15, 0.2) is 0 Å². The van der Waals surface area contributed by atoms with E-state index in [0.29, 0.717) is 0 Å². The molecule has 1 unspecified atom stereocenters. The molecule has 5 nitrogen and oxygen atoms in total. The Hall–Kier alpha value is -1.66. The fourth-order valence-corrected chi connectivity index (χ4v) is 1.91. The van der Waals surface area contributed by atoms with E-state index in [1.807, 2.05) is 30.5 Å². The lowest BCUT2D eigenvalue weighted by Gasteiger charge is -2.10. The zero-order chi connectivity index (χ0) is 13.1. The second-order valence-electron chi connectivity index (χ2n) is 3.90. The molecule has 0 aliphatic rings. The van der Waals surface area contributed by atoms with E-state index in [9.17, 15) is 4.79 Å². The summed E-state index contributed by atoms with van der Waals surface area (Å²) in [6, 6.07) is 6.87. The van der Waals surface area contributed by atoms with Crippen molar-refractivity contribution in [3.05, 3.63) is 46.7 Å². The molecule has 0 fully saturated rings. The molecule has 3 N–H and O–H groups in total. The maximum atomic E-state index is 10.6. The summed E-state index contributed by atoms with van der Waals surface area (Å²) >= 11 is 3.33. The molecule has 18 heavy (non-hydrogen) atoms. The normalized spacial score (nSPS) is 12.3. The van der Waals surface area contributed by atoms with Gasteiger partial charge in [-0.25, -0.2) is 4.68 Å². The molecule has 1 aromatic carbocycles. The van der Waals surface area contributed by atoms with Crippen LogP contribution in [0.15, 0.2) is 41.1 Å². The summed E-state index contributed by atoms with van der Waals surface area (Å²) in [4.78, 5) is 10.6. The summed E-state index contributed by atoms with van der Waals surface area (Å²) in [7, 11) is 0. The van der Waals surface area contributed by atoms with Gasteiger partial charge in [-0.05, 0) is 33.6 Å². The molecule has 6 heteroatoms. The van der Waals surface area contributed by atoms with E-state index in [-0.39, 0.29) is 6.42 Å². The molecular formula is C12H12BrN3O2. The van der Waals surface area contributed by atoms with Crippen LogP contribution in [0.2, 0.25) is 0 Å². The molecule has 2 rings (SSSR count). The third-order valence-electron chi connectivity index (χ3n) is 2.53. The van der Waals surface area contributed by atoms with E-state index in [4.69, 9.17) is 10.8 Å². The predicted molar refractivity (Wildman–Crippen MR) is 70.4 cm³/mol. The lowest BCUT2D eigenvalue weighted by molar-refractivity contribution is -0.137. The molecular weight excluding hydrogens is 298 g/mol. The van der Waals surface area contributed by atoms with Gasteiger partial charge < -0.3 is 10.8 Å². The summed E-state index contributed by atoms with van der Waals surface area (Å²) in [5, 5.41) is 12.8. The van der Waals surface area contributed by atoms with E-state index in [0.717, 1.165) is 15.7 Å². The topological polar surface area (TPSA) is 81.1 Å². The number of aromatic nitrogens is 2. The van der Waals surface area contributed by atoms with Gasteiger partial charge in [0.2, 0.25) is 0 Å². The van der Waals surface area contributed by atoms with Gasteiger partial charge in [-0.2, -0.15) is 5.10 Å². The molecule has 0 bridgehead atoms. The van der Waals surface area contributed by atoms with E-state index in [2.05, 4.69) is 21.0 Å². The highest BCUT2D eigenvalue weighted by Crippen LogP contribution is 2.17. The fourth-order valence-electron chi connectivity index (χ4n) is 1.62. The fraction of sp³-hybridized carbons (Fsp3) is 0.167. The molecule has 0 saturated carbocycles. The van der Waals surface area contributed by atoms with Gasteiger partial charge in [0, 0.05) is 12.2 Å². The number of aliphatic carboxylic acids is 1. The average Bonchev–Trinajstić information content (AvgIpc) is 2.75. The van der Waals surface area contributed by atoms with Crippen molar-refractivity contribution in [1.82, 2.24) is 9.78 Å². The maximum absolute atomic E-state index is 10.6. The van der Waals surface area contributed by atoms with Crippen LogP contribution >= 0.6 is 15.9 Å². The number of benzene rings is 1. The number of hydrogen-bond donors (Lipinski definition) is 2. The van der Waals surface area contributed by atoms with Crippen LogP contribution in [0.4, 0.5) is 0 Å².